The van der Waals surface area contributed by atoms with Gasteiger partial charge in [0.25, 0.3) is 0 Å². The van der Waals surface area contributed by atoms with Crippen LogP contribution in [-0.4, -0.2) is 26.1 Å². The van der Waals surface area contributed by atoms with Gasteiger partial charge < -0.3 is 5.32 Å². The molecule has 100 valence electrons. The fourth-order valence-corrected chi connectivity index (χ4v) is 2.91. The van der Waals surface area contributed by atoms with E-state index in [0.717, 1.165) is 16.4 Å². The quantitative estimate of drug-likeness (QED) is 0.693. The molecule has 1 N–H and O–H groups in total. The highest BCUT2D eigenvalue weighted by Gasteiger charge is 2.16. The Kier molecular flexibility index (Phi) is 4.49. The van der Waals surface area contributed by atoms with Crippen LogP contribution in [0.4, 0.5) is 5.13 Å². The summed E-state index contributed by atoms with van der Waals surface area (Å²) in [4.78, 5) is 24.4. The number of nitrogens with zero attached hydrogens (tertiary/aromatic N) is 3. The molecule has 7 heteroatoms. The van der Waals surface area contributed by atoms with E-state index in [2.05, 4.69) is 20.3 Å². The number of aryl methyl sites for hydroxylation is 2. The number of carbonyl (C=O) groups is 1. The number of carbonyl (C=O) groups excluding carboxylic acids is 1. The van der Waals surface area contributed by atoms with E-state index in [1.165, 1.54) is 29.4 Å². The molecule has 2 rings (SSSR count). The van der Waals surface area contributed by atoms with Crippen LogP contribution < -0.4 is 5.32 Å². The molecule has 0 aliphatic rings. The Labute approximate surface area is 119 Å². The van der Waals surface area contributed by atoms with E-state index in [9.17, 15) is 4.79 Å². The molecule has 2 aromatic heterocycles. The van der Waals surface area contributed by atoms with Crippen molar-refractivity contribution in [3.05, 3.63) is 29.2 Å². The fourth-order valence-electron chi connectivity index (χ4n) is 1.35. The predicted molar refractivity (Wildman–Crippen MR) is 77.6 cm³/mol. The Hall–Kier alpha value is -1.47. The van der Waals surface area contributed by atoms with Crippen LogP contribution in [0.2, 0.25) is 0 Å². The van der Waals surface area contributed by atoms with Crippen LogP contribution in [0.1, 0.15) is 18.3 Å². The first-order chi connectivity index (χ1) is 9.04. The summed E-state index contributed by atoms with van der Waals surface area (Å²) in [7, 11) is 0. The number of thiazole rings is 1. The Morgan fingerprint density at radius 3 is 2.79 bits per heavy atom. The Morgan fingerprint density at radius 1 is 1.37 bits per heavy atom. The van der Waals surface area contributed by atoms with Gasteiger partial charge in [-0.25, -0.2) is 15.0 Å². The smallest absolute Gasteiger partial charge is 0.239 e. The second-order valence-corrected chi connectivity index (χ2v) is 6.26. The van der Waals surface area contributed by atoms with Crippen molar-refractivity contribution < 1.29 is 4.79 Å². The van der Waals surface area contributed by atoms with E-state index in [4.69, 9.17) is 0 Å². The number of hydrogen-bond acceptors (Lipinski definition) is 6. The monoisotopic (exact) mass is 294 g/mol. The van der Waals surface area contributed by atoms with Crippen LogP contribution >= 0.6 is 23.1 Å². The highest BCUT2D eigenvalue weighted by molar-refractivity contribution is 8.00. The summed E-state index contributed by atoms with van der Waals surface area (Å²) in [6.07, 6.45) is 1.51. The lowest BCUT2D eigenvalue weighted by molar-refractivity contribution is -0.115. The lowest BCUT2D eigenvalue weighted by atomic mass is 10.4. The van der Waals surface area contributed by atoms with Crippen molar-refractivity contribution in [3.63, 3.8) is 0 Å². The molecule has 5 nitrogen and oxygen atoms in total. The molecule has 2 aromatic rings. The molecule has 0 aromatic carbocycles. The summed E-state index contributed by atoms with van der Waals surface area (Å²) in [6.45, 7) is 5.64. The molecule has 0 radical (unpaired) electrons. The van der Waals surface area contributed by atoms with Crippen molar-refractivity contribution in [2.24, 2.45) is 0 Å². The molecule has 1 unspecified atom stereocenters. The van der Waals surface area contributed by atoms with Crippen molar-refractivity contribution in [1.29, 1.82) is 0 Å². The van der Waals surface area contributed by atoms with Gasteiger partial charge in [0.05, 0.1) is 10.9 Å². The Balaban J connectivity index is 1.96. The molecule has 1 atom stereocenters. The third-order valence-electron chi connectivity index (χ3n) is 2.29. The van der Waals surface area contributed by atoms with Gasteiger partial charge in [-0.2, -0.15) is 0 Å². The first-order valence-electron chi connectivity index (χ1n) is 5.73. The number of rotatable bonds is 4. The van der Waals surface area contributed by atoms with Gasteiger partial charge in [0, 0.05) is 11.1 Å². The minimum atomic E-state index is -0.237. The summed E-state index contributed by atoms with van der Waals surface area (Å²) in [6, 6.07) is 1.86. The lowest BCUT2D eigenvalue weighted by Gasteiger charge is -2.09. The maximum Gasteiger partial charge on any atom is 0.239 e. The molecule has 0 aliphatic carbocycles. The largest absolute Gasteiger partial charge is 0.301 e. The van der Waals surface area contributed by atoms with Gasteiger partial charge >= 0.3 is 0 Å². The van der Waals surface area contributed by atoms with Gasteiger partial charge in [-0.05, 0) is 26.8 Å². The Bertz CT molecular complexity index is 585. The van der Waals surface area contributed by atoms with Crippen molar-refractivity contribution in [1.82, 2.24) is 15.0 Å². The minimum absolute atomic E-state index is 0.0735. The molecular formula is C12H14N4OS2. The number of anilines is 1. The second-order valence-electron chi connectivity index (χ2n) is 4.04. The SMILES string of the molecule is Cc1cc(SC(C)C(=O)Nc2nc(C)cs2)ncn1. The molecule has 0 bridgehead atoms. The number of thioether (sulfide) groups is 1. The first kappa shape index (κ1) is 14.0. The molecule has 19 heavy (non-hydrogen) atoms. The topological polar surface area (TPSA) is 67.8 Å². The van der Waals surface area contributed by atoms with E-state index in [1.807, 2.05) is 32.2 Å². The van der Waals surface area contributed by atoms with Gasteiger partial charge in [0.2, 0.25) is 5.91 Å². The molecule has 2 heterocycles. The second kappa shape index (κ2) is 6.12. The highest BCUT2D eigenvalue weighted by Crippen LogP contribution is 2.23. The Morgan fingerprint density at radius 2 is 2.16 bits per heavy atom. The minimum Gasteiger partial charge on any atom is -0.301 e. The van der Waals surface area contributed by atoms with Crippen molar-refractivity contribution >= 4 is 34.1 Å². The summed E-state index contributed by atoms with van der Waals surface area (Å²) in [5.74, 6) is -0.0735. The summed E-state index contributed by atoms with van der Waals surface area (Å²) in [5.41, 5.74) is 1.80. The molecule has 0 saturated carbocycles. The lowest BCUT2D eigenvalue weighted by Crippen LogP contribution is -2.22. The van der Waals surface area contributed by atoms with Crippen LogP contribution in [-0.2, 0) is 4.79 Å². The van der Waals surface area contributed by atoms with Crippen molar-refractivity contribution in [2.75, 3.05) is 5.32 Å². The zero-order valence-electron chi connectivity index (χ0n) is 10.9. The zero-order chi connectivity index (χ0) is 13.8. The maximum atomic E-state index is 12.0. The first-order valence-corrected chi connectivity index (χ1v) is 7.49. The molecule has 0 aliphatic heterocycles. The molecule has 1 amide bonds. The van der Waals surface area contributed by atoms with Crippen LogP contribution in [0.25, 0.3) is 0 Å². The number of nitrogens with one attached hydrogen (secondary N) is 1. The van der Waals surface area contributed by atoms with Gasteiger partial charge in [-0.15, -0.1) is 11.3 Å². The number of aromatic nitrogens is 3. The zero-order valence-corrected chi connectivity index (χ0v) is 12.5. The molecule has 0 saturated heterocycles. The average Bonchev–Trinajstić information content (AvgIpc) is 2.74. The van der Waals surface area contributed by atoms with E-state index < -0.39 is 0 Å². The van der Waals surface area contributed by atoms with E-state index in [0.29, 0.717) is 5.13 Å². The maximum absolute atomic E-state index is 12.0. The molecular weight excluding hydrogens is 280 g/mol. The highest BCUT2D eigenvalue weighted by atomic mass is 32.2. The van der Waals surface area contributed by atoms with Gasteiger partial charge in [-0.3, -0.25) is 4.79 Å². The van der Waals surface area contributed by atoms with E-state index >= 15 is 0 Å². The van der Waals surface area contributed by atoms with Gasteiger partial charge in [0.15, 0.2) is 5.13 Å². The van der Waals surface area contributed by atoms with Crippen LogP contribution in [0.5, 0.6) is 0 Å². The third-order valence-corrected chi connectivity index (χ3v) is 4.20. The standard InChI is InChI=1S/C12H14N4OS2/c1-7-4-10(14-6-13-7)19-9(3)11(17)16-12-15-8(2)5-18-12/h4-6,9H,1-3H3,(H,15,16,17). The molecule has 0 fully saturated rings. The normalized spacial score (nSPS) is 12.2. The molecule has 0 spiro atoms. The van der Waals surface area contributed by atoms with E-state index in [1.54, 1.807) is 0 Å². The van der Waals surface area contributed by atoms with Crippen LogP contribution in [0, 0.1) is 13.8 Å². The van der Waals surface area contributed by atoms with E-state index in [-0.39, 0.29) is 11.2 Å². The van der Waals surface area contributed by atoms with Crippen molar-refractivity contribution in [3.8, 4) is 0 Å². The summed E-state index contributed by atoms with van der Waals surface area (Å²) in [5, 5.41) is 5.90. The number of amides is 1. The summed E-state index contributed by atoms with van der Waals surface area (Å²) >= 11 is 2.83. The number of hydrogen-bond donors (Lipinski definition) is 1. The van der Waals surface area contributed by atoms with Gasteiger partial charge in [-0.1, -0.05) is 11.8 Å². The van der Waals surface area contributed by atoms with Crippen LogP contribution in [0.3, 0.4) is 0 Å². The fraction of sp³-hybridized carbons (Fsp3) is 0.333. The predicted octanol–water partition coefficient (Wildman–Crippen LogP) is 2.67. The van der Waals surface area contributed by atoms with Gasteiger partial charge in [0.1, 0.15) is 11.4 Å². The third kappa shape index (κ3) is 4.00. The average molecular weight is 294 g/mol. The summed E-state index contributed by atoms with van der Waals surface area (Å²) < 4.78 is 0. The van der Waals surface area contributed by atoms with Crippen molar-refractivity contribution in [2.45, 2.75) is 31.0 Å². The van der Waals surface area contributed by atoms with Crippen LogP contribution in [0.15, 0.2) is 22.8 Å².